The Labute approximate surface area is 215 Å². The Bertz CT molecular complexity index is 1020. The number of rotatable bonds is 9. The molecule has 5 amide bonds. The molecule has 3 N–H and O–H groups in total. The van der Waals surface area contributed by atoms with Crippen LogP contribution in [0.5, 0.6) is 0 Å². The fourth-order valence-corrected chi connectivity index (χ4v) is 3.45. The number of carbonyl (C=O) groups is 6. The monoisotopic (exact) mass is 518 g/mol. The summed E-state index contributed by atoms with van der Waals surface area (Å²) in [6.45, 7) is 7.38. The van der Waals surface area contributed by atoms with Gasteiger partial charge in [0.15, 0.2) is 0 Å². The summed E-state index contributed by atoms with van der Waals surface area (Å²) in [5.41, 5.74) is 0.0116. The molecule has 1 aromatic rings. The Morgan fingerprint density at radius 3 is 2.30 bits per heavy atom. The molecule has 37 heavy (non-hydrogen) atoms. The van der Waals surface area contributed by atoms with Gasteiger partial charge in [0.2, 0.25) is 17.7 Å². The highest BCUT2D eigenvalue weighted by Crippen LogP contribution is 2.20. The lowest BCUT2D eigenvalue weighted by Crippen LogP contribution is -2.55. The molecule has 0 radical (unpaired) electrons. The van der Waals surface area contributed by atoms with Gasteiger partial charge in [-0.25, -0.2) is 9.59 Å². The van der Waals surface area contributed by atoms with Gasteiger partial charge in [-0.2, -0.15) is 0 Å². The summed E-state index contributed by atoms with van der Waals surface area (Å²) >= 11 is 0. The zero-order chi connectivity index (χ0) is 27.8. The highest BCUT2D eigenvalue weighted by atomic mass is 16.6. The van der Waals surface area contributed by atoms with Gasteiger partial charge >= 0.3 is 12.1 Å². The van der Waals surface area contributed by atoms with Crippen molar-refractivity contribution >= 4 is 35.7 Å². The van der Waals surface area contributed by atoms with E-state index in [4.69, 9.17) is 9.47 Å². The SMILES string of the molecule is C[C@H](NC(=O)CNC(=O)[C@@H]1CCC(=O)N1C(=O)[C@H](C)NC(=O)OC(C)(C)C)C(=O)OCc1ccccc1. The molecule has 1 aliphatic rings. The van der Waals surface area contributed by atoms with Crippen LogP contribution in [0.3, 0.4) is 0 Å². The largest absolute Gasteiger partial charge is 0.459 e. The number of imide groups is 1. The molecule has 0 unspecified atom stereocenters. The van der Waals surface area contributed by atoms with Crippen molar-refractivity contribution in [2.75, 3.05) is 6.54 Å². The van der Waals surface area contributed by atoms with E-state index < -0.39 is 66.0 Å². The highest BCUT2D eigenvalue weighted by molar-refractivity contribution is 6.05. The third-order valence-corrected chi connectivity index (χ3v) is 5.23. The highest BCUT2D eigenvalue weighted by Gasteiger charge is 2.42. The molecule has 3 atom stereocenters. The van der Waals surface area contributed by atoms with Crippen molar-refractivity contribution in [3.63, 3.8) is 0 Å². The minimum atomic E-state index is -1.14. The molecule has 1 aromatic carbocycles. The van der Waals surface area contributed by atoms with Crippen LogP contribution in [0.4, 0.5) is 4.79 Å². The van der Waals surface area contributed by atoms with Crippen LogP contribution >= 0.6 is 0 Å². The first-order chi connectivity index (χ1) is 17.3. The number of benzene rings is 1. The predicted octanol–water partition coefficient (Wildman–Crippen LogP) is 0.782. The van der Waals surface area contributed by atoms with Crippen molar-refractivity contribution in [2.24, 2.45) is 0 Å². The number of nitrogens with zero attached hydrogens (tertiary/aromatic N) is 1. The molecule has 1 saturated heterocycles. The maximum atomic E-state index is 12.8. The lowest BCUT2D eigenvalue weighted by molar-refractivity contribution is -0.149. The minimum absolute atomic E-state index is 0.0422. The average molecular weight is 519 g/mol. The van der Waals surface area contributed by atoms with E-state index in [-0.39, 0.29) is 19.4 Å². The van der Waals surface area contributed by atoms with Gasteiger partial charge in [-0.15, -0.1) is 0 Å². The van der Waals surface area contributed by atoms with Crippen LogP contribution in [0.15, 0.2) is 30.3 Å². The third kappa shape index (κ3) is 9.21. The second-order valence-corrected chi connectivity index (χ2v) is 9.62. The Hall–Kier alpha value is -3.96. The Balaban J connectivity index is 1.84. The normalized spacial score (nSPS) is 16.8. The second kappa shape index (κ2) is 12.8. The second-order valence-electron chi connectivity index (χ2n) is 9.62. The van der Waals surface area contributed by atoms with Gasteiger partial charge in [0.1, 0.15) is 30.3 Å². The number of carbonyl (C=O) groups excluding carboxylic acids is 6. The number of nitrogens with one attached hydrogen (secondary N) is 3. The summed E-state index contributed by atoms with van der Waals surface area (Å²) in [7, 11) is 0. The van der Waals surface area contributed by atoms with E-state index in [1.165, 1.54) is 13.8 Å². The fraction of sp³-hybridized carbons (Fsp3) is 0.520. The molecule has 0 saturated carbocycles. The van der Waals surface area contributed by atoms with E-state index in [0.717, 1.165) is 10.5 Å². The Morgan fingerprint density at radius 2 is 1.68 bits per heavy atom. The van der Waals surface area contributed by atoms with Gasteiger partial charge in [-0.1, -0.05) is 30.3 Å². The smallest absolute Gasteiger partial charge is 0.408 e. The fourth-order valence-electron chi connectivity index (χ4n) is 3.45. The molecule has 0 aliphatic carbocycles. The average Bonchev–Trinajstić information content (AvgIpc) is 3.21. The van der Waals surface area contributed by atoms with Gasteiger partial charge in [0, 0.05) is 6.42 Å². The molecule has 0 bridgehead atoms. The number of hydrogen-bond donors (Lipinski definition) is 3. The van der Waals surface area contributed by atoms with Gasteiger partial charge in [-0.3, -0.25) is 24.1 Å². The van der Waals surface area contributed by atoms with Crippen molar-refractivity contribution in [1.82, 2.24) is 20.9 Å². The maximum absolute atomic E-state index is 12.8. The lowest BCUT2D eigenvalue weighted by Gasteiger charge is -2.26. The first-order valence-corrected chi connectivity index (χ1v) is 11.9. The maximum Gasteiger partial charge on any atom is 0.408 e. The number of esters is 1. The topological polar surface area (TPSA) is 160 Å². The first kappa shape index (κ1) is 29.3. The molecular formula is C25H34N4O8. The van der Waals surface area contributed by atoms with Crippen molar-refractivity contribution in [1.29, 1.82) is 0 Å². The molecule has 1 aliphatic heterocycles. The zero-order valence-electron chi connectivity index (χ0n) is 21.7. The summed E-state index contributed by atoms with van der Waals surface area (Å²) in [4.78, 5) is 74.9. The minimum Gasteiger partial charge on any atom is -0.459 e. The zero-order valence-corrected chi connectivity index (χ0v) is 21.7. The molecule has 1 fully saturated rings. The third-order valence-electron chi connectivity index (χ3n) is 5.23. The molecule has 2 rings (SSSR count). The van der Waals surface area contributed by atoms with Crippen LogP contribution in [0.25, 0.3) is 0 Å². The van der Waals surface area contributed by atoms with E-state index >= 15 is 0 Å². The quantitative estimate of drug-likeness (QED) is 0.404. The van der Waals surface area contributed by atoms with Crippen LogP contribution in [0.1, 0.15) is 53.0 Å². The summed E-state index contributed by atoms with van der Waals surface area (Å²) in [6, 6.07) is 5.82. The Morgan fingerprint density at radius 1 is 1.03 bits per heavy atom. The summed E-state index contributed by atoms with van der Waals surface area (Å²) in [6.07, 6.45) is -0.812. The van der Waals surface area contributed by atoms with E-state index in [1.807, 2.05) is 18.2 Å². The van der Waals surface area contributed by atoms with Crippen molar-refractivity contribution in [3.05, 3.63) is 35.9 Å². The number of ether oxygens (including phenoxy) is 2. The molecular weight excluding hydrogens is 484 g/mol. The van der Waals surface area contributed by atoms with E-state index in [9.17, 15) is 28.8 Å². The molecule has 12 heteroatoms. The van der Waals surface area contributed by atoms with E-state index in [0.29, 0.717) is 0 Å². The van der Waals surface area contributed by atoms with Gasteiger partial charge in [0.05, 0.1) is 6.54 Å². The molecule has 1 heterocycles. The van der Waals surface area contributed by atoms with Crippen LogP contribution < -0.4 is 16.0 Å². The number of hydrogen-bond acceptors (Lipinski definition) is 8. The van der Waals surface area contributed by atoms with E-state index in [2.05, 4.69) is 16.0 Å². The summed E-state index contributed by atoms with van der Waals surface area (Å²) < 4.78 is 10.3. The van der Waals surface area contributed by atoms with Crippen molar-refractivity contribution < 1.29 is 38.2 Å². The van der Waals surface area contributed by atoms with Gasteiger partial charge in [0.25, 0.3) is 5.91 Å². The van der Waals surface area contributed by atoms with E-state index in [1.54, 1.807) is 32.9 Å². The Kier molecular flexibility index (Phi) is 10.2. The molecule has 0 aromatic heterocycles. The molecule has 0 spiro atoms. The predicted molar refractivity (Wildman–Crippen MR) is 131 cm³/mol. The van der Waals surface area contributed by atoms with Crippen LogP contribution in [-0.4, -0.2) is 70.9 Å². The van der Waals surface area contributed by atoms with Crippen LogP contribution in [0, 0.1) is 0 Å². The van der Waals surface area contributed by atoms with Crippen molar-refractivity contribution in [3.8, 4) is 0 Å². The number of alkyl carbamates (subject to hydrolysis) is 1. The number of amides is 5. The summed E-state index contributed by atoms with van der Waals surface area (Å²) in [5.74, 6) is -3.35. The van der Waals surface area contributed by atoms with Gasteiger partial charge in [-0.05, 0) is 46.6 Å². The lowest BCUT2D eigenvalue weighted by atomic mass is 10.2. The van der Waals surface area contributed by atoms with Crippen LogP contribution in [-0.2, 0) is 40.1 Å². The first-order valence-electron chi connectivity index (χ1n) is 11.9. The molecule has 12 nitrogen and oxygen atoms in total. The summed E-state index contributed by atoms with van der Waals surface area (Å²) in [5, 5.41) is 7.16. The molecule has 202 valence electrons. The van der Waals surface area contributed by atoms with Gasteiger partial charge < -0.3 is 25.4 Å². The van der Waals surface area contributed by atoms with Crippen LogP contribution in [0.2, 0.25) is 0 Å². The van der Waals surface area contributed by atoms with Crippen molar-refractivity contribution in [2.45, 2.75) is 77.8 Å². The standard InChI is InChI=1S/C25H34N4O8/c1-15(28-24(35)37-25(3,4)5)22(33)29-18(11-12-20(29)31)21(32)26-13-19(30)27-16(2)23(34)36-14-17-9-7-6-8-10-17/h6-10,15-16,18H,11-14H2,1-5H3,(H,26,32)(H,27,30)(H,28,35)/t15-,16-,18-/m0/s1. The number of likely N-dealkylation sites (tertiary alicyclic amines) is 1.